The summed E-state index contributed by atoms with van der Waals surface area (Å²) in [6.45, 7) is 5.84. The molecule has 0 atom stereocenters. The Bertz CT molecular complexity index is 598. The van der Waals surface area contributed by atoms with Gasteiger partial charge in [0.15, 0.2) is 5.78 Å². The Morgan fingerprint density at radius 2 is 1.84 bits per heavy atom. The molecule has 0 fully saturated rings. The van der Waals surface area contributed by atoms with Gasteiger partial charge in [-0.1, -0.05) is 18.2 Å². The Morgan fingerprint density at radius 1 is 1.28 bits per heavy atom. The molecule has 138 valence electrons. The summed E-state index contributed by atoms with van der Waals surface area (Å²) < 4.78 is 5.39. The number of aromatic hydroxyl groups is 1. The van der Waals surface area contributed by atoms with E-state index >= 15 is 0 Å². The molecule has 0 unspecified atom stereocenters. The van der Waals surface area contributed by atoms with Gasteiger partial charge in [0, 0.05) is 25.1 Å². The first-order valence-electron chi connectivity index (χ1n) is 7.70. The Morgan fingerprint density at radius 3 is 2.36 bits per heavy atom. The van der Waals surface area contributed by atoms with Crippen molar-refractivity contribution in [3.63, 3.8) is 0 Å². The van der Waals surface area contributed by atoms with Crippen LogP contribution in [0, 0.1) is 0 Å². The molecular formula is C17H24N2O4S2. The molecule has 0 radical (unpaired) electrons. The van der Waals surface area contributed by atoms with E-state index < -0.39 is 5.17 Å². The van der Waals surface area contributed by atoms with E-state index in [1.807, 2.05) is 18.7 Å². The number of ether oxygens (including phenoxy) is 1. The third-order valence-electron chi connectivity index (χ3n) is 2.98. The number of ketones is 1. The van der Waals surface area contributed by atoms with Crippen molar-refractivity contribution in [2.24, 2.45) is 5.73 Å². The quantitative estimate of drug-likeness (QED) is 0.488. The van der Waals surface area contributed by atoms with E-state index in [2.05, 4.69) is 18.0 Å². The molecule has 4 N–H and O–H groups in total. The highest BCUT2D eigenvalue weighted by molar-refractivity contribution is 7.80. The minimum absolute atomic E-state index is 0.0689. The number of carbonyl (C=O) groups is 1. The van der Waals surface area contributed by atoms with Crippen LogP contribution < -0.4 is 5.73 Å². The molecule has 25 heavy (non-hydrogen) atoms. The van der Waals surface area contributed by atoms with Gasteiger partial charge in [-0.2, -0.15) is 0 Å². The first kappa shape index (κ1) is 22.8. The fourth-order valence-corrected chi connectivity index (χ4v) is 2.05. The summed E-state index contributed by atoms with van der Waals surface area (Å²) in [5.74, 6) is 0.0844. The van der Waals surface area contributed by atoms with E-state index in [0.29, 0.717) is 10.7 Å². The van der Waals surface area contributed by atoms with Gasteiger partial charge in [0.2, 0.25) is 0 Å². The number of rotatable bonds is 7. The third kappa shape index (κ3) is 11.1. The fourth-order valence-electron chi connectivity index (χ4n) is 1.71. The van der Waals surface area contributed by atoms with Crippen LogP contribution >= 0.6 is 24.4 Å². The molecule has 0 aliphatic heterocycles. The summed E-state index contributed by atoms with van der Waals surface area (Å²) in [6, 6.07) is 6.85. The van der Waals surface area contributed by atoms with Crippen molar-refractivity contribution in [3.8, 4) is 5.75 Å². The van der Waals surface area contributed by atoms with Crippen molar-refractivity contribution in [1.82, 2.24) is 4.90 Å². The fraction of sp³-hybridized carbons (Fsp3) is 0.353. The summed E-state index contributed by atoms with van der Waals surface area (Å²) in [6.07, 6.45) is 3.30. The molecule has 0 spiro atoms. The second-order valence-corrected chi connectivity index (χ2v) is 5.50. The highest BCUT2D eigenvalue weighted by Gasteiger charge is 2.06. The largest absolute Gasteiger partial charge is 0.507 e. The molecule has 0 aliphatic carbocycles. The normalized spacial score (nSPS) is 9.84. The third-order valence-corrected chi connectivity index (χ3v) is 3.36. The molecule has 0 aliphatic rings. The van der Waals surface area contributed by atoms with Crippen LogP contribution in [0.4, 0.5) is 0 Å². The number of phenolic OH excluding ortho intramolecular Hbond substituents is 1. The van der Waals surface area contributed by atoms with Gasteiger partial charge in [0.1, 0.15) is 5.75 Å². The average Bonchev–Trinajstić information content (AvgIpc) is 2.54. The van der Waals surface area contributed by atoms with Crippen molar-refractivity contribution in [2.75, 3.05) is 19.7 Å². The van der Waals surface area contributed by atoms with Crippen LogP contribution in [-0.4, -0.2) is 50.9 Å². The second-order valence-electron chi connectivity index (χ2n) is 4.73. The minimum atomic E-state index is -0.500. The van der Waals surface area contributed by atoms with Crippen LogP contribution in [0.5, 0.6) is 5.75 Å². The SMILES string of the molecule is CCN(CC)C(=S)OCCC(=O)C=Cc1ccccc1O.NC(O)=S. The van der Waals surface area contributed by atoms with Gasteiger partial charge in [-0.05, 0) is 56.5 Å². The number of aliphatic hydroxyl groups excluding tert-OH is 1. The number of para-hydroxylation sites is 1. The maximum Gasteiger partial charge on any atom is 0.259 e. The zero-order valence-electron chi connectivity index (χ0n) is 14.3. The zero-order valence-corrected chi connectivity index (χ0v) is 16.0. The lowest BCUT2D eigenvalue weighted by Gasteiger charge is -2.20. The van der Waals surface area contributed by atoms with Gasteiger partial charge in [-0.3, -0.25) is 4.79 Å². The Balaban J connectivity index is 0.00000129. The molecule has 0 saturated carbocycles. The van der Waals surface area contributed by atoms with E-state index in [1.165, 1.54) is 6.08 Å². The van der Waals surface area contributed by atoms with Crippen molar-refractivity contribution < 1.29 is 19.7 Å². The van der Waals surface area contributed by atoms with E-state index in [4.69, 9.17) is 22.1 Å². The lowest BCUT2D eigenvalue weighted by Crippen LogP contribution is -2.31. The number of benzene rings is 1. The van der Waals surface area contributed by atoms with Crippen LogP contribution in [0.3, 0.4) is 0 Å². The first-order valence-corrected chi connectivity index (χ1v) is 8.52. The molecule has 0 bridgehead atoms. The highest BCUT2D eigenvalue weighted by Crippen LogP contribution is 2.16. The topological polar surface area (TPSA) is 96.0 Å². The number of nitrogens with zero attached hydrogens (tertiary/aromatic N) is 1. The highest BCUT2D eigenvalue weighted by atomic mass is 32.1. The van der Waals surface area contributed by atoms with Crippen LogP contribution in [-0.2, 0) is 9.53 Å². The summed E-state index contributed by atoms with van der Waals surface area (Å²) in [4.78, 5) is 13.6. The molecule has 1 rings (SSSR count). The van der Waals surface area contributed by atoms with Crippen molar-refractivity contribution in [3.05, 3.63) is 35.9 Å². The van der Waals surface area contributed by atoms with Gasteiger partial charge in [0.25, 0.3) is 10.3 Å². The number of aliphatic hydroxyl groups is 1. The molecule has 1 aromatic carbocycles. The van der Waals surface area contributed by atoms with Crippen molar-refractivity contribution in [2.45, 2.75) is 20.3 Å². The molecule has 1 aromatic rings. The predicted molar refractivity (Wildman–Crippen MR) is 108 cm³/mol. The van der Waals surface area contributed by atoms with Gasteiger partial charge in [-0.15, -0.1) is 0 Å². The summed E-state index contributed by atoms with van der Waals surface area (Å²) in [5, 5.41) is 17.1. The van der Waals surface area contributed by atoms with Crippen LogP contribution in [0.25, 0.3) is 6.08 Å². The average molecular weight is 385 g/mol. The van der Waals surface area contributed by atoms with E-state index in [-0.39, 0.29) is 24.6 Å². The number of carbonyl (C=O) groups excluding carboxylic acids is 1. The smallest absolute Gasteiger partial charge is 0.259 e. The number of allylic oxidation sites excluding steroid dienone is 1. The zero-order chi connectivity index (χ0) is 19.2. The molecular weight excluding hydrogens is 360 g/mol. The number of phenols is 1. The predicted octanol–water partition coefficient (Wildman–Crippen LogP) is 2.80. The Hall–Kier alpha value is -2.19. The lowest BCUT2D eigenvalue weighted by atomic mass is 10.1. The Kier molecular flexibility index (Phi) is 12.0. The van der Waals surface area contributed by atoms with E-state index in [1.54, 1.807) is 30.3 Å². The number of nitrogens with two attached hydrogens (primary N) is 1. The van der Waals surface area contributed by atoms with Crippen molar-refractivity contribution in [1.29, 1.82) is 0 Å². The maximum absolute atomic E-state index is 11.7. The Labute approximate surface area is 158 Å². The summed E-state index contributed by atoms with van der Waals surface area (Å²) in [5.41, 5.74) is 5.01. The molecule has 0 heterocycles. The number of hydrogen-bond acceptors (Lipinski definition) is 5. The summed E-state index contributed by atoms with van der Waals surface area (Å²) in [7, 11) is 0. The lowest BCUT2D eigenvalue weighted by molar-refractivity contribution is -0.115. The van der Waals surface area contributed by atoms with Crippen LogP contribution in [0.2, 0.25) is 0 Å². The summed E-state index contributed by atoms with van der Waals surface area (Å²) >= 11 is 9.00. The van der Waals surface area contributed by atoms with Crippen LogP contribution in [0.15, 0.2) is 30.3 Å². The van der Waals surface area contributed by atoms with Gasteiger partial charge in [-0.25, -0.2) is 0 Å². The number of thiocarbonyl (C=S) groups is 2. The molecule has 0 amide bonds. The maximum atomic E-state index is 11.7. The number of hydrogen-bond donors (Lipinski definition) is 3. The minimum Gasteiger partial charge on any atom is -0.507 e. The van der Waals surface area contributed by atoms with Gasteiger partial charge >= 0.3 is 0 Å². The molecule has 8 heteroatoms. The second kappa shape index (κ2) is 13.1. The van der Waals surface area contributed by atoms with Gasteiger partial charge in [0.05, 0.1) is 6.61 Å². The molecule has 0 aromatic heterocycles. The standard InChI is InChI=1S/C16H21NO3S.CH3NOS/c1-3-17(4-2)16(21)20-12-11-14(18)10-9-13-7-5-6-8-15(13)19;2-1(3)4/h5-10,19H,3-4,11-12H2,1-2H3;(H3,2,3,4). The molecule has 6 nitrogen and oxygen atoms in total. The monoisotopic (exact) mass is 384 g/mol. The van der Waals surface area contributed by atoms with E-state index in [9.17, 15) is 9.90 Å². The van der Waals surface area contributed by atoms with E-state index in [0.717, 1.165) is 13.1 Å². The van der Waals surface area contributed by atoms with Crippen LogP contribution in [0.1, 0.15) is 25.8 Å². The molecule has 0 saturated heterocycles. The van der Waals surface area contributed by atoms with Crippen molar-refractivity contribution >= 4 is 46.6 Å². The first-order chi connectivity index (χ1) is 11.8. The van der Waals surface area contributed by atoms with Gasteiger partial charge < -0.3 is 25.6 Å².